The second-order valence-electron chi connectivity index (χ2n) is 10.0. The Balaban J connectivity index is 2.17. The lowest BCUT2D eigenvalue weighted by molar-refractivity contribution is -0.129. The zero-order valence-corrected chi connectivity index (χ0v) is 25.5. The fraction of sp³-hybridized carbons (Fsp3) is 0.724. The molecule has 0 saturated carbocycles. The molecule has 0 aliphatic heterocycles. The molecular weight excluding hydrogens is 562 g/mol. The van der Waals surface area contributed by atoms with E-state index in [-0.39, 0.29) is 74.9 Å². The lowest BCUT2D eigenvalue weighted by atomic mass is 9.87. The summed E-state index contributed by atoms with van der Waals surface area (Å²) in [6.07, 6.45) is 5.37. The van der Waals surface area contributed by atoms with Gasteiger partial charge in [-0.3, -0.25) is 19.2 Å². The first-order valence-corrected chi connectivity index (χ1v) is 14.8. The second-order valence-corrected chi connectivity index (χ2v) is 10.0. The quantitative estimate of drug-likeness (QED) is 0.0949. The molecule has 14 nitrogen and oxygen atoms in total. The minimum absolute atomic E-state index is 0.0179. The van der Waals surface area contributed by atoms with Crippen molar-refractivity contribution in [3.8, 4) is 0 Å². The average molecular weight is 612 g/mol. The monoisotopic (exact) mass is 611 g/mol. The first kappa shape index (κ1) is 38.0. The number of amides is 2. The van der Waals surface area contributed by atoms with Crippen molar-refractivity contribution in [2.75, 3.05) is 65.9 Å². The van der Waals surface area contributed by atoms with Crippen molar-refractivity contribution in [2.45, 2.75) is 64.8 Å². The summed E-state index contributed by atoms with van der Waals surface area (Å²) < 4.78 is 20.9. The van der Waals surface area contributed by atoms with Crippen LogP contribution in [-0.2, 0) is 49.3 Å². The Labute approximate surface area is 253 Å². The molecule has 1 aromatic rings. The van der Waals surface area contributed by atoms with Crippen LogP contribution in [0.15, 0.2) is 12.5 Å². The number of ether oxygens (including phenoxy) is 4. The molecule has 0 aromatic carbocycles. The van der Waals surface area contributed by atoms with Crippen LogP contribution in [0.3, 0.4) is 0 Å². The van der Waals surface area contributed by atoms with Crippen LogP contribution in [0.4, 0.5) is 0 Å². The SMILES string of the molecule is CCOCCOCC(=O)NCCOCCOCC(=O)NCCCC[C@H](CC(=O)[C@@H](N)Cc1cnc[nH]1)C(=O)CCC(C)=O. The first-order chi connectivity index (χ1) is 20.7. The Morgan fingerprint density at radius 3 is 2.14 bits per heavy atom. The van der Waals surface area contributed by atoms with Crippen molar-refractivity contribution in [3.63, 3.8) is 0 Å². The molecule has 1 aromatic heterocycles. The third-order valence-electron chi connectivity index (χ3n) is 6.32. The number of carbonyl (C=O) groups excluding carboxylic acids is 5. The minimum Gasteiger partial charge on any atom is -0.379 e. The van der Waals surface area contributed by atoms with E-state index in [2.05, 4.69) is 20.6 Å². The van der Waals surface area contributed by atoms with Gasteiger partial charge in [-0.2, -0.15) is 0 Å². The maximum absolute atomic E-state index is 12.7. The van der Waals surface area contributed by atoms with Gasteiger partial charge in [-0.25, -0.2) is 4.98 Å². The maximum Gasteiger partial charge on any atom is 0.246 e. The number of nitrogens with one attached hydrogen (secondary N) is 3. The van der Waals surface area contributed by atoms with E-state index in [4.69, 9.17) is 24.7 Å². The van der Waals surface area contributed by atoms with Gasteiger partial charge in [0.15, 0.2) is 5.78 Å². The summed E-state index contributed by atoms with van der Waals surface area (Å²) in [5, 5.41) is 5.43. The van der Waals surface area contributed by atoms with E-state index in [9.17, 15) is 24.0 Å². The average Bonchev–Trinajstić information content (AvgIpc) is 3.49. The van der Waals surface area contributed by atoms with Gasteiger partial charge in [0.1, 0.15) is 24.8 Å². The van der Waals surface area contributed by atoms with E-state index in [1.165, 1.54) is 13.3 Å². The van der Waals surface area contributed by atoms with Gasteiger partial charge in [-0.05, 0) is 26.7 Å². The van der Waals surface area contributed by atoms with Crippen LogP contribution in [0.25, 0.3) is 0 Å². The number of carbonyl (C=O) groups is 5. The molecule has 0 radical (unpaired) electrons. The Morgan fingerprint density at radius 2 is 1.51 bits per heavy atom. The van der Waals surface area contributed by atoms with Crippen molar-refractivity contribution >= 4 is 29.2 Å². The molecule has 2 atom stereocenters. The second kappa shape index (κ2) is 24.4. The number of nitrogens with two attached hydrogens (primary N) is 1. The first-order valence-electron chi connectivity index (χ1n) is 14.8. The third kappa shape index (κ3) is 20.5. The van der Waals surface area contributed by atoms with E-state index >= 15 is 0 Å². The highest BCUT2D eigenvalue weighted by Crippen LogP contribution is 2.19. The summed E-state index contributed by atoms with van der Waals surface area (Å²) >= 11 is 0. The van der Waals surface area contributed by atoms with Crippen molar-refractivity contribution in [1.82, 2.24) is 20.6 Å². The van der Waals surface area contributed by atoms with Crippen molar-refractivity contribution in [3.05, 3.63) is 18.2 Å². The highest BCUT2D eigenvalue weighted by Gasteiger charge is 2.25. The van der Waals surface area contributed by atoms with E-state index < -0.39 is 12.0 Å². The minimum atomic E-state index is -0.754. The van der Waals surface area contributed by atoms with Gasteiger partial charge >= 0.3 is 0 Å². The number of ketones is 3. The highest BCUT2D eigenvalue weighted by atomic mass is 16.5. The molecule has 0 unspecified atom stereocenters. The summed E-state index contributed by atoms with van der Waals surface area (Å²) in [7, 11) is 0. The van der Waals surface area contributed by atoms with Gasteiger partial charge < -0.3 is 45.1 Å². The van der Waals surface area contributed by atoms with Crippen LogP contribution in [0.1, 0.15) is 58.1 Å². The van der Waals surface area contributed by atoms with Crippen LogP contribution in [0, 0.1) is 5.92 Å². The summed E-state index contributed by atoms with van der Waals surface area (Å²) in [6.45, 7) is 6.12. The predicted molar refractivity (Wildman–Crippen MR) is 157 cm³/mol. The molecule has 5 N–H and O–H groups in total. The number of aromatic nitrogens is 2. The highest BCUT2D eigenvalue weighted by molar-refractivity contribution is 5.92. The largest absolute Gasteiger partial charge is 0.379 e. The topological polar surface area (TPSA) is 201 Å². The summed E-state index contributed by atoms with van der Waals surface area (Å²) in [5.41, 5.74) is 6.79. The number of imidazole rings is 1. The maximum atomic E-state index is 12.7. The van der Waals surface area contributed by atoms with Gasteiger partial charge in [0, 0.05) is 63.2 Å². The predicted octanol–water partition coefficient (Wildman–Crippen LogP) is 0.282. The molecule has 0 aliphatic carbocycles. The van der Waals surface area contributed by atoms with Crippen LogP contribution < -0.4 is 16.4 Å². The molecule has 0 saturated heterocycles. The number of nitrogens with zero attached hydrogens (tertiary/aromatic N) is 1. The molecule has 1 rings (SSSR count). The molecule has 2 amide bonds. The molecule has 1 heterocycles. The van der Waals surface area contributed by atoms with Gasteiger partial charge in [-0.1, -0.05) is 6.42 Å². The number of Topliss-reactive ketones (excluding diaryl/α,β-unsaturated/α-hetero) is 3. The Morgan fingerprint density at radius 1 is 0.860 bits per heavy atom. The normalized spacial score (nSPS) is 12.4. The van der Waals surface area contributed by atoms with Gasteiger partial charge in [-0.15, -0.1) is 0 Å². The molecular formula is C29H49N5O9. The smallest absolute Gasteiger partial charge is 0.246 e. The van der Waals surface area contributed by atoms with Crippen LogP contribution in [0.2, 0.25) is 0 Å². The zero-order valence-electron chi connectivity index (χ0n) is 25.5. The van der Waals surface area contributed by atoms with Crippen molar-refractivity contribution in [2.24, 2.45) is 11.7 Å². The van der Waals surface area contributed by atoms with E-state index in [1.54, 1.807) is 6.20 Å². The van der Waals surface area contributed by atoms with Crippen LogP contribution in [0.5, 0.6) is 0 Å². The lowest BCUT2D eigenvalue weighted by Gasteiger charge is -2.17. The van der Waals surface area contributed by atoms with E-state index in [0.717, 1.165) is 5.69 Å². The molecule has 43 heavy (non-hydrogen) atoms. The zero-order chi connectivity index (χ0) is 31.7. The number of H-pyrrole nitrogens is 1. The molecule has 0 bridgehead atoms. The van der Waals surface area contributed by atoms with Gasteiger partial charge in [0.25, 0.3) is 0 Å². The summed E-state index contributed by atoms with van der Waals surface area (Å²) in [4.78, 5) is 67.2. The number of hydrogen-bond donors (Lipinski definition) is 4. The van der Waals surface area contributed by atoms with Gasteiger partial charge in [0.05, 0.1) is 45.4 Å². The summed E-state index contributed by atoms with van der Waals surface area (Å²) in [5.74, 6) is -1.45. The van der Waals surface area contributed by atoms with Crippen molar-refractivity contribution < 1.29 is 42.9 Å². The standard InChI is InChI=1S/C29H49N5O9/c1-3-40-12-14-42-20-29(39)33-10-11-41-13-15-43-19-28(38)32-9-5-4-6-23(26(36)8-7-22(2)35)16-27(37)25(30)17-24-18-31-21-34-24/h18,21,23,25H,3-17,19-20,30H2,1-2H3,(H,31,34)(H,32,38)(H,33,39)/t23-,25+/m1/s1. The fourth-order valence-corrected chi connectivity index (χ4v) is 3.94. The van der Waals surface area contributed by atoms with E-state index in [0.29, 0.717) is 65.2 Å². The number of unbranched alkanes of at least 4 members (excludes halogenated alkanes) is 1. The van der Waals surface area contributed by atoms with Gasteiger partial charge in [0.2, 0.25) is 11.8 Å². The van der Waals surface area contributed by atoms with Crippen molar-refractivity contribution in [1.29, 1.82) is 0 Å². The van der Waals surface area contributed by atoms with Crippen LogP contribution in [-0.4, -0.2) is 111 Å². The molecule has 14 heteroatoms. The number of rotatable bonds is 28. The fourth-order valence-electron chi connectivity index (χ4n) is 3.94. The number of aromatic amines is 1. The Bertz CT molecular complexity index is 943. The third-order valence-corrected chi connectivity index (χ3v) is 6.32. The molecule has 244 valence electrons. The Kier molecular flexibility index (Phi) is 21.6. The number of hydrogen-bond acceptors (Lipinski definition) is 11. The summed E-state index contributed by atoms with van der Waals surface area (Å²) in [6, 6.07) is -0.754. The molecule has 0 fully saturated rings. The Hall–Kier alpha value is -3.04. The van der Waals surface area contributed by atoms with E-state index in [1.807, 2.05) is 6.92 Å². The molecule has 0 aliphatic rings. The van der Waals surface area contributed by atoms with Crippen LogP contribution >= 0.6 is 0 Å². The lowest BCUT2D eigenvalue weighted by Crippen LogP contribution is -2.35. The molecule has 0 spiro atoms.